The van der Waals surface area contributed by atoms with E-state index >= 15 is 0 Å². The average molecular weight is 331 g/mol. The molecule has 2 atom stereocenters. The molecule has 0 aliphatic carbocycles. The van der Waals surface area contributed by atoms with E-state index in [1.54, 1.807) is 6.07 Å². The molecule has 1 aromatic rings. The van der Waals surface area contributed by atoms with Crippen LogP contribution >= 0.6 is 0 Å². The predicted octanol–water partition coefficient (Wildman–Crippen LogP) is 2.73. The van der Waals surface area contributed by atoms with Crippen molar-refractivity contribution in [2.75, 3.05) is 26.4 Å². The highest BCUT2D eigenvalue weighted by Gasteiger charge is 2.30. The molecule has 2 rings (SSSR count). The summed E-state index contributed by atoms with van der Waals surface area (Å²) < 4.78 is 48.6. The van der Waals surface area contributed by atoms with Gasteiger partial charge in [0.2, 0.25) is 0 Å². The van der Waals surface area contributed by atoms with Gasteiger partial charge in [-0.05, 0) is 24.0 Å². The summed E-state index contributed by atoms with van der Waals surface area (Å²) in [5, 5.41) is 2.73. The van der Waals surface area contributed by atoms with E-state index in [4.69, 9.17) is 9.47 Å². The molecule has 1 aliphatic rings. The minimum atomic E-state index is -4.34. The summed E-state index contributed by atoms with van der Waals surface area (Å²) in [6.07, 6.45) is -4.41. The third-order valence-electron chi connectivity index (χ3n) is 3.77. The lowest BCUT2D eigenvalue weighted by Gasteiger charge is -2.22. The van der Waals surface area contributed by atoms with Gasteiger partial charge in [-0.1, -0.05) is 25.1 Å². The molecule has 0 aromatic heterocycles. The highest BCUT2D eigenvalue weighted by Crippen LogP contribution is 2.31. The van der Waals surface area contributed by atoms with Gasteiger partial charge in [-0.2, -0.15) is 13.2 Å². The first-order valence-corrected chi connectivity index (χ1v) is 7.52. The standard InChI is InChI=1S/C16H20F3NO3/c1-11(12-3-2-4-13(9-12)16(17,18)19)5-6-20-15(21)14-10-22-7-8-23-14/h2-4,9,11,14H,5-8,10H2,1H3,(H,20,21)/t11-,14-/m0/s1. The highest BCUT2D eigenvalue weighted by atomic mass is 19.4. The van der Waals surface area contributed by atoms with Crippen molar-refractivity contribution in [3.8, 4) is 0 Å². The van der Waals surface area contributed by atoms with Gasteiger partial charge in [0.05, 0.1) is 25.4 Å². The first-order chi connectivity index (χ1) is 10.9. The number of carbonyl (C=O) groups excluding carboxylic acids is 1. The Morgan fingerprint density at radius 1 is 1.39 bits per heavy atom. The van der Waals surface area contributed by atoms with Crippen LogP contribution in [0.1, 0.15) is 30.4 Å². The molecular formula is C16H20F3NO3. The molecule has 1 amide bonds. The van der Waals surface area contributed by atoms with Crippen molar-refractivity contribution in [3.05, 3.63) is 35.4 Å². The number of alkyl halides is 3. The second-order valence-corrected chi connectivity index (χ2v) is 5.54. The molecule has 128 valence electrons. The molecule has 0 radical (unpaired) electrons. The molecule has 1 aromatic carbocycles. The van der Waals surface area contributed by atoms with Crippen LogP contribution in [0.4, 0.5) is 13.2 Å². The van der Waals surface area contributed by atoms with Gasteiger partial charge in [-0.25, -0.2) is 0 Å². The van der Waals surface area contributed by atoms with Gasteiger partial charge in [0, 0.05) is 6.54 Å². The molecule has 4 nitrogen and oxygen atoms in total. The number of hydrogen-bond acceptors (Lipinski definition) is 3. The average Bonchev–Trinajstić information content (AvgIpc) is 2.54. The first kappa shape index (κ1) is 17.7. The van der Waals surface area contributed by atoms with E-state index < -0.39 is 17.8 Å². The number of carbonyl (C=O) groups is 1. The second kappa shape index (κ2) is 7.79. The normalized spacial score (nSPS) is 20.1. The van der Waals surface area contributed by atoms with E-state index in [9.17, 15) is 18.0 Å². The monoisotopic (exact) mass is 331 g/mol. The van der Waals surface area contributed by atoms with Crippen LogP contribution < -0.4 is 5.32 Å². The molecule has 1 fully saturated rings. The summed E-state index contributed by atoms with van der Waals surface area (Å²) in [7, 11) is 0. The van der Waals surface area contributed by atoms with Crippen LogP contribution in [0.15, 0.2) is 24.3 Å². The summed E-state index contributed by atoms with van der Waals surface area (Å²) in [6, 6.07) is 5.28. The number of rotatable bonds is 5. The predicted molar refractivity (Wildman–Crippen MR) is 78.0 cm³/mol. The van der Waals surface area contributed by atoms with Crippen LogP contribution in [0.2, 0.25) is 0 Å². The molecule has 7 heteroatoms. The second-order valence-electron chi connectivity index (χ2n) is 5.54. The molecule has 1 aliphatic heterocycles. The van der Waals surface area contributed by atoms with Gasteiger partial charge >= 0.3 is 6.18 Å². The van der Waals surface area contributed by atoms with Crippen LogP contribution in [0, 0.1) is 0 Å². The first-order valence-electron chi connectivity index (χ1n) is 7.52. The largest absolute Gasteiger partial charge is 0.416 e. The number of benzene rings is 1. The van der Waals surface area contributed by atoms with Crippen molar-refractivity contribution < 1.29 is 27.4 Å². The molecule has 0 unspecified atom stereocenters. The highest BCUT2D eigenvalue weighted by molar-refractivity contribution is 5.80. The molecule has 1 heterocycles. The Morgan fingerprint density at radius 3 is 2.83 bits per heavy atom. The van der Waals surface area contributed by atoms with Gasteiger partial charge in [0.15, 0.2) is 6.10 Å². The van der Waals surface area contributed by atoms with Crippen LogP contribution in [0.25, 0.3) is 0 Å². The minimum Gasteiger partial charge on any atom is -0.376 e. The van der Waals surface area contributed by atoms with Gasteiger partial charge < -0.3 is 14.8 Å². The Bertz CT molecular complexity index is 528. The van der Waals surface area contributed by atoms with Gasteiger partial charge in [0.25, 0.3) is 5.91 Å². The Kier molecular flexibility index (Phi) is 6.01. The number of nitrogens with one attached hydrogen (secondary N) is 1. The van der Waals surface area contributed by atoms with E-state index in [0.29, 0.717) is 31.7 Å². The van der Waals surface area contributed by atoms with E-state index in [2.05, 4.69) is 5.32 Å². The van der Waals surface area contributed by atoms with Crippen molar-refractivity contribution in [2.24, 2.45) is 0 Å². The Balaban J connectivity index is 1.82. The lowest BCUT2D eigenvalue weighted by molar-refractivity contribution is -0.147. The summed E-state index contributed by atoms with van der Waals surface area (Å²) in [5.74, 6) is -0.345. The Labute approximate surface area is 133 Å². The number of ether oxygens (including phenoxy) is 2. The third-order valence-corrected chi connectivity index (χ3v) is 3.77. The van der Waals surface area contributed by atoms with Gasteiger partial charge in [0.1, 0.15) is 0 Å². The van der Waals surface area contributed by atoms with Crippen LogP contribution in [0.5, 0.6) is 0 Å². The fourth-order valence-corrected chi connectivity index (χ4v) is 2.35. The maximum Gasteiger partial charge on any atom is 0.416 e. The van der Waals surface area contributed by atoms with Crippen LogP contribution in [-0.4, -0.2) is 38.4 Å². The Hall–Kier alpha value is -1.60. The van der Waals surface area contributed by atoms with E-state index in [1.165, 1.54) is 6.07 Å². The fourth-order valence-electron chi connectivity index (χ4n) is 2.35. The molecular weight excluding hydrogens is 311 g/mol. The molecule has 0 saturated carbocycles. The zero-order chi connectivity index (χ0) is 16.9. The summed E-state index contributed by atoms with van der Waals surface area (Å²) >= 11 is 0. The smallest absolute Gasteiger partial charge is 0.376 e. The maximum absolute atomic E-state index is 12.7. The topological polar surface area (TPSA) is 47.6 Å². The zero-order valence-corrected chi connectivity index (χ0v) is 12.9. The minimum absolute atomic E-state index is 0.0962. The quantitative estimate of drug-likeness (QED) is 0.902. The maximum atomic E-state index is 12.7. The van der Waals surface area contributed by atoms with Crippen molar-refractivity contribution >= 4 is 5.91 Å². The van der Waals surface area contributed by atoms with Gasteiger partial charge in [-0.15, -0.1) is 0 Å². The fraction of sp³-hybridized carbons (Fsp3) is 0.562. The van der Waals surface area contributed by atoms with Crippen molar-refractivity contribution in [3.63, 3.8) is 0 Å². The SMILES string of the molecule is C[C@@H](CCNC(=O)[C@@H]1COCCO1)c1cccc(C(F)(F)F)c1. The van der Waals surface area contributed by atoms with Crippen molar-refractivity contribution in [2.45, 2.75) is 31.5 Å². The molecule has 1 N–H and O–H groups in total. The van der Waals surface area contributed by atoms with Crippen LogP contribution in [0.3, 0.4) is 0 Å². The summed E-state index contributed by atoms with van der Waals surface area (Å²) in [5.41, 5.74) is -0.0510. The zero-order valence-electron chi connectivity index (χ0n) is 12.9. The number of halogens is 3. The number of hydrogen-bond donors (Lipinski definition) is 1. The molecule has 0 bridgehead atoms. The van der Waals surface area contributed by atoms with Crippen LogP contribution in [-0.2, 0) is 20.4 Å². The lowest BCUT2D eigenvalue weighted by atomic mass is 9.96. The Morgan fingerprint density at radius 2 is 2.17 bits per heavy atom. The summed E-state index contributed by atoms with van der Waals surface area (Å²) in [6.45, 7) is 3.31. The van der Waals surface area contributed by atoms with E-state index in [1.807, 2.05) is 6.92 Å². The van der Waals surface area contributed by atoms with E-state index in [-0.39, 0.29) is 18.4 Å². The lowest BCUT2D eigenvalue weighted by Crippen LogP contribution is -2.43. The van der Waals surface area contributed by atoms with Crippen molar-refractivity contribution in [1.82, 2.24) is 5.32 Å². The molecule has 1 saturated heterocycles. The number of amides is 1. The van der Waals surface area contributed by atoms with E-state index in [0.717, 1.165) is 12.1 Å². The third kappa shape index (κ3) is 5.21. The summed E-state index contributed by atoms with van der Waals surface area (Å²) in [4.78, 5) is 11.8. The molecule has 23 heavy (non-hydrogen) atoms. The van der Waals surface area contributed by atoms with Gasteiger partial charge in [-0.3, -0.25) is 4.79 Å². The molecule has 0 spiro atoms. The van der Waals surface area contributed by atoms with Crippen molar-refractivity contribution in [1.29, 1.82) is 0 Å².